The number of para-hydroxylation sites is 1. The zero-order valence-corrected chi connectivity index (χ0v) is 12.1. The first kappa shape index (κ1) is 13.8. The number of halogens is 1. The third-order valence-electron chi connectivity index (χ3n) is 3.76. The Kier molecular flexibility index (Phi) is 3.30. The SMILES string of the molecule is Cc1cccc2cc(C(C)(O)Cc3ccccc3F)oc12. The minimum atomic E-state index is -1.26. The molecule has 2 nitrogen and oxygen atoms in total. The van der Waals surface area contributed by atoms with E-state index < -0.39 is 5.60 Å². The lowest BCUT2D eigenvalue weighted by Gasteiger charge is -2.21. The van der Waals surface area contributed by atoms with E-state index in [-0.39, 0.29) is 12.2 Å². The molecular formula is C18H17FO2. The number of furan rings is 1. The van der Waals surface area contributed by atoms with E-state index >= 15 is 0 Å². The second-order valence-electron chi connectivity index (χ2n) is 5.65. The predicted molar refractivity (Wildman–Crippen MR) is 80.6 cm³/mol. The summed E-state index contributed by atoms with van der Waals surface area (Å²) in [4.78, 5) is 0. The van der Waals surface area contributed by atoms with E-state index in [1.54, 1.807) is 25.1 Å². The molecule has 1 heterocycles. The molecule has 1 atom stereocenters. The van der Waals surface area contributed by atoms with Crippen LogP contribution < -0.4 is 0 Å². The van der Waals surface area contributed by atoms with Crippen LogP contribution in [0.25, 0.3) is 11.0 Å². The average Bonchev–Trinajstić information content (AvgIpc) is 2.88. The first-order valence-electron chi connectivity index (χ1n) is 6.93. The molecule has 2 aromatic carbocycles. The molecule has 1 aromatic heterocycles. The van der Waals surface area contributed by atoms with E-state index in [0.717, 1.165) is 16.5 Å². The third-order valence-corrected chi connectivity index (χ3v) is 3.76. The van der Waals surface area contributed by atoms with Crippen LogP contribution >= 0.6 is 0 Å². The van der Waals surface area contributed by atoms with Gasteiger partial charge in [0.25, 0.3) is 0 Å². The molecule has 0 saturated heterocycles. The Morgan fingerprint density at radius 2 is 1.90 bits per heavy atom. The van der Waals surface area contributed by atoms with Crippen LogP contribution in [-0.4, -0.2) is 5.11 Å². The van der Waals surface area contributed by atoms with Crippen molar-refractivity contribution in [3.8, 4) is 0 Å². The van der Waals surface area contributed by atoms with Gasteiger partial charge in [-0.25, -0.2) is 4.39 Å². The topological polar surface area (TPSA) is 33.4 Å². The molecule has 3 rings (SSSR count). The van der Waals surface area contributed by atoms with Crippen molar-refractivity contribution in [2.75, 3.05) is 0 Å². The van der Waals surface area contributed by atoms with Crippen molar-refractivity contribution < 1.29 is 13.9 Å². The minimum absolute atomic E-state index is 0.165. The Hall–Kier alpha value is -2.13. The highest BCUT2D eigenvalue weighted by Gasteiger charge is 2.29. The van der Waals surface area contributed by atoms with Crippen molar-refractivity contribution in [3.63, 3.8) is 0 Å². The zero-order valence-electron chi connectivity index (χ0n) is 12.1. The lowest BCUT2D eigenvalue weighted by molar-refractivity contribution is 0.0352. The van der Waals surface area contributed by atoms with Crippen LogP contribution in [0.2, 0.25) is 0 Å². The quantitative estimate of drug-likeness (QED) is 0.776. The molecule has 3 heteroatoms. The molecule has 1 N–H and O–H groups in total. The summed E-state index contributed by atoms with van der Waals surface area (Å²) in [6.07, 6.45) is 0.165. The molecular weight excluding hydrogens is 267 g/mol. The molecule has 0 fully saturated rings. The van der Waals surface area contributed by atoms with Gasteiger partial charge in [0.2, 0.25) is 0 Å². The molecule has 0 bridgehead atoms. The summed E-state index contributed by atoms with van der Waals surface area (Å²) in [5.74, 6) is 0.139. The van der Waals surface area contributed by atoms with Crippen LogP contribution in [0.5, 0.6) is 0 Å². The molecule has 0 aliphatic carbocycles. The van der Waals surface area contributed by atoms with E-state index in [2.05, 4.69) is 0 Å². The summed E-state index contributed by atoms with van der Waals surface area (Å²) in [7, 11) is 0. The highest BCUT2D eigenvalue weighted by atomic mass is 19.1. The van der Waals surface area contributed by atoms with Gasteiger partial charge in [0.15, 0.2) is 0 Å². The fourth-order valence-electron chi connectivity index (χ4n) is 2.57. The first-order chi connectivity index (χ1) is 9.97. The van der Waals surface area contributed by atoms with Crippen molar-refractivity contribution >= 4 is 11.0 Å². The van der Waals surface area contributed by atoms with Gasteiger partial charge in [0, 0.05) is 11.8 Å². The van der Waals surface area contributed by atoms with Gasteiger partial charge >= 0.3 is 0 Å². The maximum Gasteiger partial charge on any atom is 0.137 e. The fraction of sp³-hybridized carbons (Fsp3) is 0.222. The van der Waals surface area contributed by atoms with Gasteiger partial charge in [0.1, 0.15) is 22.8 Å². The molecule has 0 aliphatic rings. The highest BCUT2D eigenvalue weighted by Crippen LogP contribution is 2.32. The highest BCUT2D eigenvalue weighted by molar-refractivity contribution is 5.81. The fourth-order valence-corrected chi connectivity index (χ4v) is 2.57. The summed E-state index contributed by atoms with van der Waals surface area (Å²) in [5, 5.41) is 11.6. The largest absolute Gasteiger partial charge is 0.458 e. The van der Waals surface area contributed by atoms with Crippen LogP contribution in [0, 0.1) is 12.7 Å². The summed E-state index contributed by atoms with van der Waals surface area (Å²) >= 11 is 0. The molecule has 0 aliphatic heterocycles. The number of rotatable bonds is 3. The standard InChI is InChI=1S/C18H17FO2/c1-12-6-5-8-13-10-16(21-17(12)13)18(2,20)11-14-7-3-4-9-15(14)19/h3-10,20H,11H2,1-2H3. The summed E-state index contributed by atoms with van der Waals surface area (Å²) in [6.45, 7) is 3.60. The Bertz CT molecular complexity index is 787. The van der Waals surface area contributed by atoms with Gasteiger partial charge in [-0.05, 0) is 37.1 Å². The monoisotopic (exact) mass is 284 g/mol. The van der Waals surface area contributed by atoms with Crippen LogP contribution in [0.4, 0.5) is 4.39 Å². The lowest BCUT2D eigenvalue weighted by Crippen LogP contribution is -2.24. The van der Waals surface area contributed by atoms with Crippen LogP contribution in [0.15, 0.2) is 52.9 Å². The first-order valence-corrected chi connectivity index (χ1v) is 6.93. The average molecular weight is 284 g/mol. The number of aliphatic hydroxyl groups is 1. The Morgan fingerprint density at radius 1 is 1.14 bits per heavy atom. The Labute approximate surface area is 122 Å². The van der Waals surface area contributed by atoms with Crippen molar-refractivity contribution in [1.29, 1.82) is 0 Å². The van der Waals surface area contributed by atoms with E-state index in [1.807, 2.05) is 31.2 Å². The normalized spacial score (nSPS) is 14.3. The van der Waals surface area contributed by atoms with Gasteiger partial charge in [-0.2, -0.15) is 0 Å². The van der Waals surface area contributed by atoms with E-state index in [1.165, 1.54) is 6.07 Å². The van der Waals surface area contributed by atoms with Crippen LogP contribution in [0.3, 0.4) is 0 Å². The molecule has 108 valence electrons. The van der Waals surface area contributed by atoms with Gasteiger partial charge in [-0.1, -0.05) is 36.4 Å². The lowest BCUT2D eigenvalue weighted by atomic mass is 9.93. The van der Waals surface area contributed by atoms with Crippen molar-refractivity contribution in [2.24, 2.45) is 0 Å². The van der Waals surface area contributed by atoms with Gasteiger partial charge in [0.05, 0.1) is 0 Å². The van der Waals surface area contributed by atoms with Gasteiger partial charge in [-0.15, -0.1) is 0 Å². The molecule has 0 saturated carbocycles. The number of hydrogen-bond donors (Lipinski definition) is 1. The van der Waals surface area contributed by atoms with Crippen molar-refractivity contribution in [1.82, 2.24) is 0 Å². The predicted octanol–water partition coefficient (Wildman–Crippen LogP) is 4.33. The van der Waals surface area contributed by atoms with Crippen molar-refractivity contribution in [2.45, 2.75) is 25.9 Å². The van der Waals surface area contributed by atoms with Crippen molar-refractivity contribution in [3.05, 3.63) is 71.2 Å². The summed E-state index contributed by atoms with van der Waals surface area (Å²) in [5.41, 5.74) is 0.995. The van der Waals surface area contributed by atoms with Gasteiger partial charge in [-0.3, -0.25) is 0 Å². The molecule has 0 spiro atoms. The maximum atomic E-state index is 13.8. The van der Waals surface area contributed by atoms with E-state index in [0.29, 0.717) is 11.3 Å². The number of benzene rings is 2. The number of aryl methyl sites for hydroxylation is 1. The van der Waals surface area contributed by atoms with Crippen LogP contribution in [0.1, 0.15) is 23.8 Å². The molecule has 0 amide bonds. The molecule has 1 unspecified atom stereocenters. The summed E-state index contributed by atoms with van der Waals surface area (Å²) in [6, 6.07) is 14.1. The Morgan fingerprint density at radius 3 is 2.62 bits per heavy atom. The van der Waals surface area contributed by atoms with E-state index in [4.69, 9.17) is 4.42 Å². The Balaban J connectivity index is 2.00. The molecule has 21 heavy (non-hydrogen) atoms. The second kappa shape index (κ2) is 5.01. The van der Waals surface area contributed by atoms with E-state index in [9.17, 15) is 9.50 Å². The molecule has 3 aromatic rings. The molecule has 0 radical (unpaired) electrons. The maximum absolute atomic E-state index is 13.8. The number of fused-ring (bicyclic) bond motifs is 1. The third kappa shape index (κ3) is 2.57. The van der Waals surface area contributed by atoms with Crippen LogP contribution in [-0.2, 0) is 12.0 Å². The smallest absolute Gasteiger partial charge is 0.137 e. The zero-order chi connectivity index (χ0) is 15.0. The summed E-state index contributed by atoms with van der Waals surface area (Å²) < 4.78 is 19.6. The minimum Gasteiger partial charge on any atom is -0.458 e. The number of hydrogen-bond acceptors (Lipinski definition) is 2. The second-order valence-corrected chi connectivity index (χ2v) is 5.65. The van der Waals surface area contributed by atoms with Gasteiger partial charge < -0.3 is 9.52 Å².